The molecule has 2 N–H and O–H groups in total. The van der Waals surface area contributed by atoms with E-state index in [2.05, 4.69) is 9.88 Å². The van der Waals surface area contributed by atoms with Crippen molar-refractivity contribution in [1.29, 1.82) is 0 Å². The number of hydrogen-bond acceptors (Lipinski definition) is 4. The average molecular weight is 256 g/mol. The summed E-state index contributed by atoms with van der Waals surface area (Å²) in [6.45, 7) is 1.57. The summed E-state index contributed by atoms with van der Waals surface area (Å²) in [7, 11) is 0.629. The standard InChI is InChI=1S/C14H17BN2O2/c1-17(11-14-4-2-3-9-16-14)10-12-5-7-13(8-6-12)15(18)19/h2-9,18-19H,10-11H2,1H3. The minimum absolute atomic E-state index is 0.510. The Balaban J connectivity index is 1.93. The summed E-state index contributed by atoms with van der Waals surface area (Å²) >= 11 is 0. The monoisotopic (exact) mass is 256 g/mol. The summed E-state index contributed by atoms with van der Waals surface area (Å²) in [5.41, 5.74) is 2.67. The summed E-state index contributed by atoms with van der Waals surface area (Å²) in [5.74, 6) is 0. The zero-order valence-electron chi connectivity index (χ0n) is 10.9. The normalized spacial score (nSPS) is 10.7. The predicted octanol–water partition coefficient (Wildman–Crippen LogP) is 0.393. The lowest BCUT2D eigenvalue weighted by atomic mass is 9.80. The van der Waals surface area contributed by atoms with Gasteiger partial charge in [0.25, 0.3) is 0 Å². The fourth-order valence-electron chi connectivity index (χ4n) is 1.93. The van der Waals surface area contributed by atoms with Crippen LogP contribution in [0.25, 0.3) is 0 Å². The summed E-state index contributed by atoms with van der Waals surface area (Å²) in [6.07, 6.45) is 1.79. The van der Waals surface area contributed by atoms with Gasteiger partial charge in [-0.15, -0.1) is 0 Å². The van der Waals surface area contributed by atoms with Gasteiger partial charge in [-0.2, -0.15) is 0 Å². The van der Waals surface area contributed by atoms with Crippen molar-refractivity contribution in [3.05, 3.63) is 59.9 Å². The minimum atomic E-state index is -1.40. The number of hydrogen-bond donors (Lipinski definition) is 2. The van der Waals surface area contributed by atoms with Crippen LogP contribution in [0.15, 0.2) is 48.7 Å². The predicted molar refractivity (Wildman–Crippen MR) is 75.7 cm³/mol. The van der Waals surface area contributed by atoms with Crippen LogP contribution in [0, 0.1) is 0 Å². The number of benzene rings is 1. The van der Waals surface area contributed by atoms with Gasteiger partial charge in [0.2, 0.25) is 0 Å². The Labute approximate surface area is 113 Å². The zero-order chi connectivity index (χ0) is 13.7. The molecule has 1 aromatic carbocycles. The first-order valence-electron chi connectivity index (χ1n) is 6.18. The van der Waals surface area contributed by atoms with Gasteiger partial charge in [0, 0.05) is 19.3 Å². The number of nitrogens with zero attached hydrogens (tertiary/aromatic N) is 2. The minimum Gasteiger partial charge on any atom is -0.423 e. The maximum absolute atomic E-state index is 9.03. The summed E-state index contributed by atoms with van der Waals surface area (Å²) < 4.78 is 0. The molecule has 0 amide bonds. The van der Waals surface area contributed by atoms with E-state index in [4.69, 9.17) is 10.0 Å². The molecule has 98 valence electrons. The molecule has 0 saturated carbocycles. The van der Waals surface area contributed by atoms with Crippen LogP contribution in [-0.4, -0.2) is 34.1 Å². The lowest BCUT2D eigenvalue weighted by molar-refractivity contribution is 0.315. The van der Waals surface area contributed by atoms with Crippen LogP contribution in [0.1, 0.15) is 11.3 Å². The highest BCUT2D eigenvalue weighted by molar-refractivity contribution is 6.58. The van der Waals surface area contributed by atoms with E-state index in [1.807, 2.05) is 37.4 Å². The Hall–Kier alpha value is -1.69. The Morgan fingerprint density at radius 2 is 1.79 bits per heavy atom. The Bertz CT molecular complexity index is 503. The Morgan fingerprint density at radius 3 is 2.37 bits per heavy atom. The maximum atomic E-state index is 9.03. The number of aromatic nitrogens is 1. The first kappa shape index (κ1) is 13.7. The molecule has 4 nitrogen and oxygen atoms in total. The van der Waals surface area contributed by atoms with Gasteiger partial charge < -0.3 is 10.0 Å². The van der Waals surface area contributed by atoms with E-state index in [-0.39, 0.29) is 0 Å². The molecular formula is C14H17BN2O2. The van der Waals surface area contributed by atoms with Crippen LogP contribution < -0.4 is 5.46 Å². The Morgan fingerprint density at radius 1 is 1.05 bits per heavy atom. The highest BCUT2D eigenvalue weighted by Crippen LogP contribution is 2.05. The SMILES string of the molecule is CN(Cc1ccc(B(O)O)cc1)Cc1ccccn1. The molecule has 5 heteroatoms. The third-order valence-electron chi connectivity index (χ3n) is 2.89. The van der Waals surface area contributed by atoms with Gasteiger partial charge in [0.05, 0.1) is 5.69 Å². The molecule has 19 heavy (non-hydrogen) atoms. The molecule has 0 unspecified atom stereocenters. The van der Waals surface area contributed by atoms with Gasteiger partial charge in [0.1, 0.15) is 0 Å². The zero-order valence-corrected chi connectivity index (χ0v) is 10.9. The van der Waals surface area contributed by atoms with E-state index >= 15 is 0 Å². The van der Waals surface area contributed by atoms with Crippen LogP contribution in [0.5, 0.6) is 0 Å². The molecule has 0 saturated heterocycles. The lowest BCUT2D eigenvalue weighted by Crippen LogP contribution is -2.29. The van der Waals surface area contributed by atoms with E-state index in [9.17, 15) is 0 Å². The molecule has 0 atom stereocenters. The number of pyridine rings is 1. The molecule has 0 spiro atoms. The molecule has 1 heterocycles. The molecule has 0 aliphatic heterocycles. The topological polar surface area (TPSA) is 56.6 Å². The van der Waals surface area contributed by atoms with Crippen molar-refractivity contribution in [3.63, 3.8) is 0 Å². The molecule has 0 bridgehead atoms. The molecule has 0 radical (unpaired) electrons. The third kappa shape index (κ3) is 4.17. The second kappa shape index (κ2) is 6.47. The van der Waals surface area contributed by atoms with Crippen molar-refractivity contribution in [1.82, 2.24) is 9.88 Å². The quantitative estimate of drug-likeness (QED) is 0.760. The van der Waals surface area contributed by atoms with Gasteiger partial charge in [-0.25, -0.2) is 0 Å². The van der Waals surface area contributed by atoms with Crippen LogP contribution in [0.4, 0.5) is 0 Å². The number of rotatable bonds is 5. The maximum Gasteiger partial charge on any atom is 0.488 e. The van der Waals surface area contributed by atoms with Crippen molar-refractivity contribution < 1.29 is 10.0 Å². The Kier molecular flexibility index (Phi) is 4.68. The van der Waals surface area contributed by atoms with E-state index in [0.717, 1.165) is 24.3 Å². The molecule has 0 aliphatic rings. The van der Waals surface area contributed by atoms with Crippen molar-refractivity contribution in [3.8, 4) is 0 Å². The van der Waals surface area contributed by atoms with E-state index in [1.165, 1.54) is 0 Å². The highest BCUT2D eigenvalue weighted by Gasteiger charge is 2.10. The molecule has 1 aromatic heterocycles. The first-order chi connectivity index (χ1) is 9.15. The van der Waals surface area contributed by atoms with Crippen molar-refractivity contribution in [2.75, 3.05) is 7.05 Å². The van der Waals surface area contributed by atoms with Gasteiger partial charge in [-0.05, 0) is 30.2 Å². The van der Waals surface area contributed by atoms with Gasteiger partial charge in [-0.3, -0.25) is 9.88 Å². The second-order valence-corrected chi connectivity index (χ2v) is 4.61. The fraction of sp³-hybridized carbons (Fsp3) is 0.214. The van der Waals surface area contributed by atoms with E-state index < -0.39 is 7.12 Å². The fourth-order valence-corrected chi connectivity index (χ4v) is 1.93. The van der Waals surface area contributed by atoms with Crippen LogP contribution in [0.2, 0.25) is 0 Å². The molecule has 2 rings (SSSR count). The highest BCUT2D eigenvalue weighted by atomic mass is 16.4. The average Bonchev–Trinajstić information content (AvgIpc) is 2.40. The first-order valence-corrected chi connectivity index (χ1v) is 6.18. The molecule has 0 aliphatic carbocycles. The van der Waals surface area contributed by atoms with Gasteiger partial charge >= 0.3 is 7.12 Å². The third-order valence-corrected chi connectivity index (χ3v) is 2.89. The van der Waals surface area contributed by atoms with Crippen molar-refractivity contribution in [2.45, 2.75) is 13.1 Å². The largest absolute Gasteiger partial charge is 0.488 e. The van der Waals surface area contributed by atoms with Crippen LogP contribution in [-0.2, 0) is 13.1 Å². The van der Waals surface area contributed by atoms with E-state index in [0.29, 0.717) is 5.46 Å². The molecule has 0 fully saturated rings. The second-order valence-electron chi connectivity index (χ2n) is 4.61. The van der Waals surface area contributed by atoms with Gasteiger partial charge in [0.15, 0.2) is 0 Å². The lowest BCUT2D eigenvalue weighted by Gasteiger charge is -2.16. The summed E-state index contributed by atoms with van der Waals surface area (Å²) in [6, 6.07) is 13.2. The van der Waals surface area contributed by atoms with Crippen LogP contribution in [0.3, 0.4) is 0 Å². The summed E-state index contributed by atoms with van der Waals surface area (Å²) in [5, 5.41) is 18.1. The van der Waals surface area contributed by atoms with Crippen molar-refractivity contribution >= 4 is 12.6 Å². The van der Waals surface area contributed by atoms with Crippen LogP contribution >= 0.6 is 0 Å². The van der Waals surface area contributed by atoms with Crippen molar-refractivity contribution in [2.24, 2.45) is 0 Å². The molecule has 2 aromatic rings. The summed E-state index contributed by atoms with van der Waals surface area (Å²) in [4.78, 5) is 6.45. The smallest absolute Gasteiger partial charge is 0.423 e. The van der Waals surface area contributed by atoms with E-state index in [1.54, 1.807) is 18.3 Å². The molecular weight excluding hydrogens is 239 g/mol. The van der Waals surface area contributed by atoms with Gasteiger partial charge in [-0.1, -0.05) is 30.3 Å².